The zero-order valence-corrected chi connectivity index (χ0v) is 16.0. The number of nitrogens with zero attached hydrogens (tertiary/aromatic N) is 3. The summed E-state index contributed by atoms with van der Waals surface area (Å²) in [5.74, 6) is 0.954. The van der Waals surface area contributed by atoms with Crippen LogP contribution < -0.4 is 5.32 Å². The molecule has 0 spiro atoms. The van der Waals surface area contributed by atoms with Crippen LogP contribution in [0, 0.1) is 5.82 Å². The number of aliphatic imine (C=N–C) groups is 1. The normalized spacial score (nSPS) is 18.9. The van der Waals surface area contributed by atoms with Gasteiger partial charge in [0.15, 0.2) is 11.7 Å². The standard InChI is InChI=1S/C21H25FN4O2/c1-23-20(24-15-21(8-9-21)16-5-2-3-6-17(16)22)26-12-10-25(11-13-26)19(27)18-7-4-14-28-18/h2-7,14H,8-13,15H2,1H3,(H,23,24). The van der Waals surface area contributed by atoms with E-state index in [1.54, 1.807) is 30.1 Å². The molecule has 1 aliphatic heterocycles. The third-order valence-electron chi connectivity index (χ3n) is 5.69. The third-order valence-corrected chi connectivity index (χ3v) is 5.69. The van der Waals surface area contributed by atoms with Crippen LogP contribution in [0.25, 0.3) is 0 Å². The fraction of sp³-hybridized carbons (Fsp3) is 0.429. The molecular weight excluding hydrogens is 359 g/mol. The van der Waals surface area contributed by atoms with Crippen molar-refractivity contribution in [1.29, 1.82) is 0 Å². The minimum absolute atomic E-state index is 0.0796. The van der Waals surface area contributed by atoms with Gasteiger partial charge in [0.05, 0.1) is 6.26 Å². The SMILES string of the molecule is CN=C(NCC1(c2ccccc2F)CC1)N1CCN(C(=O)c2ccco2)CC1. The molecule has 1 N–H and O–H groups in total. The average Bonchev–Trinajstić information content (AvgIpc) is 3.30. The highest BCUT2D eigenvalue weighted by Gasteiger charge is 2.46. The topological polar surface area (TPSA) is 61.1 Å². The lowest BCUT2D eigenvalue weighted by Crippen LogP contribution is -2.54. The molecule has 1 aliphatic carbocycles. The number of hydrogen-bond donors (Lipinski definition) is 1. The maximum Gasteiger partial charge on any atom is 0.289 e. The lowest BCUT2D eigenvalue weighted by atomic mass is 9.95. The van der Waals surface area contributed by atoms with Crippen LogP contribution in [0.3, 0.4) is 0 Å². The molecule has 0 bridgehead atoms. The van der Waals surface area contributed by atoms with Gasteiger partial charge in [0, 0.05) is 45.2 Å². The van der Waals surface area contributed by atoms with E-state index in [0.29, 0.717) is 38.5 Å². The van der Waals surface area contributed by atoms with Crippen LogP contribution in [0.2, 0.25) is 0 Å². The number of halogens is 1. The summed E-state index contributed by atoms with van der Waals surface area (Å²) in [6.07, 6.45) is 3.46. The number of carbonyl (C=O) groups is 1. The van der Waals surface area contributed by atoms with Crippen LogP contribution in [0.4, 0.5) is 4.39 Å². The van der Waals surface area contributed by atoms with Crippen molar-refractivity contribution >= 4 is 11.9 Å². The van der Waals surface area contributed by atoms with Crippen molar-refractivity contribution in [1.82, 2.24) is 15.1 Å². The minimum atomic E-state index is -0.141. The number of nitrogens with one attached hydrogen (secondary N) is 1. The quantitative estimate of drug-likeness (QED) is 0.650. The van der Waals surface area contributed by atoms with E-state index >= 15 is 0 Å². The Balaban J connectivity index is 1.33. The van der Waals surface area contributed by atoms with Crippen LogP contribution in [0.15, 0.2) is 52.1 Å². The largest absolute Gasteiger partial charge is 0.459 e. The van der Waals surface area contributed by atoms with Gasteiger partial charge in [-0.1, -0.05) is 18.2 Å². The van der Waals surface area contributed by atoms with Crippen molar-refractivity contribution in [2.45, 2.75) is 18.3 Å². The predicted octanol–water partition coefficient (Wildman–Crippen LogP) is 2.48. The van der Waals surface area contributed by atoms with Gasteiger partial charge in [-0.25, -0.2) is 4.39 Å². The summed E-state index contributed by atoms with van der Waals surface area (Å²) in [5.41, 5.74) is 0.644. The smallest absolute Gasteiger partial charge is 0.289 e. The Morgan fingerprint density at radius 1 is 1.14 bits per heavy atom. The fourth-order valence-electron chi connectivity index (χ4n) is 3.84. The second-order valence-corrected chi connectivity index (χ2v) is 7.42. The maximum absolute atomic E-state index is 14.2. The van der Waals surface area contributed by atoms with Gasteiger partial charge < -0.3 is 19.5 Å². The molecule has 0 radical (unpaired) electrons. The van der Waals surface area contributed by atoms with Crippen LogP contribution in [-0.4, -0.2) is 61.4 Å². The van der Waals surface area contributed by atoms with Crippen LogP contribution in [0.1, 0.15) is 29.0 Å². The molecule has 0 unspecified atom stereocenters. The average molecular weight is 384 g/mol. The van der Waals surface area contributed by atoms with Crippen molar-refractivity contribution in [3.05, 3.63) is 59.8 Å². The monoisotopic (exact) mass is 384 g/mol. The molecule has 28 heavy (non-hydrogen) atoms. The van der Waals surface area contributed by atoms with Crippen LogP contribution in [0.5, 0.6) is 0 Å². The molecule has 7 heteroatoms. The molecule has 1 saturated heterocycles. The fourth-order valence-corrected chi connectivity index (χ4v) is 3.84. The Labute approximate surface area is 164 Å². The highest BCUT2D eigenvalue weighted by molar-refractivity contribution is 5.91. The van der Waals surface area contributed by atoms with E-state index in [1.807, 2.05) is 12.1 Å². The minimum Gasteiger partial charge on any atom is -0.459 e. The highest BCUT2D eigenvalue weighted by Crippen LogP contribution is 2.48. The first-order chi connectivity index (χ1) is 13.6. The molecule has 2 heterocycles. The molecule has 148 valence electrons. The molecule has 1 aromatic carbocycles. The Morgan fingerprint density at radius 3 is 2.46 bits per heavy atom. The summed E-state index contributed by atoms with van der Waals surface area (Å²) in [4.78, 5) is 20.7. The Kier molecular flexibility index (Phi) is 5.07. The molecule has 1 saturated carbocycles. The maximum atomic E-state index is 14.2. The van der Waals surface area contributed by atoms with Crippen molar-refractivity contribution in [2.24, 2.45) is 4.99 Å². The lowest BCUT2D eigenvalue weighted by Gasteiger charge is -2.36. The first kappa shape index (κ1) is 18.5. The number of furan rings is 1. The van der Waals surface area contributed by atoms with Gasteiger partial charge in [-0.3, -0.25) is 9.79 Å². The highest BCUT2D eigenvalue weighted by atomic mass is 19.1. The van der Waals surface area contributed by atoms with Gasteiger partial charge in [-0.15, -0.1) is 0 Å². The van der Waals surface area contributed by atoms with Crippen molar-refractivity contribution in [3.8, 4) is 0 Å². The molecular formula is C21H25FN4O2. The van der Waals surface area contributed by atoms with Gasteiger partial charge in [0.2, 0.25) is 0 Å². The van der Waals surface area contributed by atoms with Crippen LogP contribution in [-0.2, 0) is 5.41 Å². The number of piperazine rings is 1. The molecule has 1 aromatic heterocycles. The van der Waals surface area contributed by atoms with E-state index in [0.717, 1.165) is 24.4 Å². The predicted molar refractivity (Wildman–Crippen MR) is 105 cm³/mol. The number of hydrogen-bond acceptors (Lipinski definition) is 3. The van der Waals surface area contributed by atoms with E-state index in [9.17, 15) is 9.18 Å². The Morgan fingerprint density at radius 2 is 1.86 bits per heavy atom. The van der Waals surface area contributed by atoms with Gasteiger partial charge in [-0.05, 0) is 36.6 Å². The first-order valence-corrected chi connectivity index (χ1v) is 9.66. The van der Waals surface area contributed by atoms with E-state index in [4.69, 9.17) is 4.42 Å². The number of guanidine groups is 1. The molecule has 4 rings (SSSR count). The van der Waals surface area contributed by atoms with E-state index in [2.05, 4.69) is 15.2 Å². The van der Waals surface area contributed by atoms with Gasteiger partial charge >= 0.3 is 0 Å². The lowest BCUT2D eigenvalue weighted by molar-refractivity contribution is 0.0657. The third kappa shape index (κ3) is 3.61. The van der Waals surface area contributed by atoms with Crippen LogP contribution >= 0.6 is 0 Å². The second-order valence-electron chi connectivity index (χ2n) is 7.42. The van der Waals surface area contributed by atoms with Crippen molar-refractivity contribution in [2.75, 3.05) is 39.8 Å². The molecule has 1 amide bonds. The van der Waals surface area contributed by atoms with E-state index in [-0.39, 0.29) is 17.1 Å². The van der Waals surface area contributed by atoms with Gasteiger partial charge in [0.1, 0.15) is 5.82 Å². The van der Waals surface area contributed by atoms with E-state index in [1.165, 1.54) is 12.3 Å². The van der Waals surface area contributed by atoms with E-state index < -0.39 is 0 Å². The Bertz CT molecular complexity index is 853. The zero-order valence-electron chi connectivity index (χ0n) is 16.0. The molecule has 2 aliphatic rings. The Hall–Kier alpha value is -2.83. The van der Waals surface area contributed by atoms with Crippen molar-refractivity contribution in [3.63, 3.8) is 0 Å². The summed E-state index contributed by atoms with van der Waals surface area (Å²) >= 11 is 0. The summed E-state index contributed by atoms with van der Waals surface area (Å²) in [5, 5.41) is 3.43. The summed E-state index contributed by atoms with van der Waals surface area (Å²) < 4.78 is 19.4. The summed E-state index contributed by atoms with van der Waals surface area (Å²) in [6.45, 7) is 3.27. The summed E-state index contributed by atoms with van der Waals surface area (Å²) in [7, 11) is 1.76. The number of rotatable bonds is 4. The number of benzene rings is 1. The first-order valence-electron chi connectivity index (χ1n) is 9.66. The van der Waals surface area contributed by atoms with Crippen molar-refractivity contribution < 1.29 is 13.6 Å². The molecule has 2 aromatic rings. The zero-order chi connectivity index (χ0) is 19.6. The number of carbonyl (C=O) groups excluding carboxylic acids is 1. The second kappa shape index (κ2) is 7.66. The molecule has 0 atom stereocenters. The molecule has 2 fully saturated rings. The van der Waals surface area contributed by atoms with Gasteiger partial charge in [0.25, 0.3) is 5.91 Å². The number of amides is 1. The molecule has 6 nitrogen and oxygen atoms in total. The van der Waals surface area contributed by atoms with Gasteiger partial charge in [-0.2, -0.15) is 0 Å². The summed E-state index contributed by atoms with van der Waals surface area (Å²) in [6, 6.07) is 10.4.